The summed E-state index contributed by atoms with van der Waals surface area (Å²) in [5.74, 6) is 0.865. The maximum absolute atomic E-state index is 12.0. The van der Waals surface area contributed by atoms with Gasteiger partial charge in [0.15, 0.2) is 6.61 Å². The van der Waals surface area contributed by atoms with Crippen LogP contribution < -0.4 is 15.6 Å². The molecule has 0 aliphatic heterocycles. The average Bonchev–Trinajstić information content (AvgIpc) is 3.23. The van der Waals surface area contributed by atoms with Crippen molar-refractivity contribution >= 4 is 17.2 Å². The van der Waals surface area contributed by atoms with Crippen molar-refractivity contribution in [3.63, 3.8) is 0 Å². The maximum Gasteiger partial charge on any atom is 0.266 e. The Hall–Kier alpha value is -2.93. The normalized spacial score (nSPS) is 10.8. The summed E-state index contributed by atoms with van der Waals surface area (Å²) in [7, 11) is 0. The van der Waals surface area contributed by atoms with E-state index in [0.29, 0.717) is 24.8 Å². The van der Waals surface area contributed by atoms with Crippen LogP contribution in [0, 0.1) is 0 Å². The van der Waals surface area contributed by atoms with Gasteiger partial charge in [-0.05, 0) is 41.1 Å². The fourth-order valence-corrected chi connectivity index (χ4v) is 3.31. The number of ether oxygens (including phenoxy) is 1. The number of aromatic nitrogens is 2. The smallest absolute Gasteiger partial charge is 0.266 e. The van der Waals surface area contributed by atoms with Crippen molar-refractivity contribution in [3.05, 3.63) is 69.8 Å². The third-order valence-electron chi connectivity index (χ3n) is 4.20. The first-order valence-corrected chi connectivity index (χ1v) is 10.0. The molecule has 0 atom stereocenters. The van der Waals surface area contributed by atoms with E-state index in [1.165, 1.54) is 16.3 Å². The molecule has 0 aliphatic rings. The lowest BCUT2D eigenvalue weighted by Gasteiger charge is -2.10. The van der Waals surface area contributed by atoms with E-state index in [4.69, 9.17) is 4.74 Å². The number of benzene rings is 1. The predicted molar refractivity (Wildman–Crippen MR) is 111 cm³/mol. The molecule has 1 amide bonds. The highest BCUT2D eigenvalue weighted by atomic mass is 32.1. The molecule has 0 unspecified atom stereocenters. The van der Waals surface area contributed by atoms with Gasteiger partial charge in [-0.15, -0.1) is 11.3 Å². The molecule has 2 aromatic heterocycles. The molecule has 0 fully saturated rings. The molecule has 3 aromatic rings. The number of hydrogen-bond acceptors (Lipinski definition) is 5. The molecule has 0 bridgehead atoms. The van der Waals surface area contributed by atoms with Crippen molar-refractivity contribution in [1.29, 1.82) is 0 Å². The molecule has 0 aliphatic carbocycles. The Morgan fingerprint density at radius 1 is 1.18 bits per heavy atom. The molecule has 28 heavy (non-hydrogen) atoms. The number of nitrogens with zero attached hydrogens (tertiary/aromatic N) is 2. The van der Waals surface area contributed by atoms with Crippen LogP contribution in [0.25, 0.3) is 10.6 Å². The number of hydrogen-bond donors (Lipinski definition) is 1. The Labute approximate surface area is 167 Å². The van der Waals surface area contributed by atoms with Crippen molar-refractivity contribution in [3.8, 4) is 16.3 Å². The Morgan fingerprint density at radius 2 is 1.96 bits per heavy atom. The first-order valence-electron chi connectivity index (χ1n) is 9.14. The van der Waals surface area contributed by atoms with Crippen LogP contribution in [0.4, 0.5) is 0 Å². The first kappa shape index (κ1) is 19.8. The Kier molecular flexibility index (Phi) is 6.60. The molecule has 0 saturated carbocycles. The lowest BCUT2D eigenvalue weighted by molar-refractivity contribution is -0.123. The quantitative estimate of drug-likeness (QED) is 0.633. The predicted octanol–water partition coefficient (Wildman–Crippen LogP) is 3.29. The zero-order chi connectivity index (χ0) is 19.9. The van der Waals surface area contributed by atoms with Gasteiger partial charge in [0.2, 0.25) is 0 Å². The van der Waals surface area contributed by atoms with Gasteiger partial charge in [-0.1, -0.05) is 32.0 Å². The second-order valence-corrected chi connectivity index (χ2v) is 7.57. The molecular formula is C21H23N3O3S. The zero-order valence-corrected chi connectivity index (χ0v) is 16.7. The summed E-state index contributed by atoms with van der Waals surface area (Å²) in [6, 6.07) is 14.8. The number of carbonyl (C=O) groups excluding carboxylic acids is 1. The summed E-state index contributed by atoms with van der Waals surface area (Å²) < 4.78 is 6.86. The first-order chi connectivity index (χ1) is 13.5. The standard InChI is InChI=1S/C21H23N3O3S/c1-15(2)16-5-7-17(8-6-16)27-14-20(25)22-11-12-24-21(26)10-9-18(23-24)19-4-3-13-28-19/h3-10,13,15H,11-12,14H2,1-2H3,(H,22,25). The van der Waals surface area contributed by atoms with Crippen molar-refractivity contribution in [2.75, 3.05) is 13.2 Å². The Balaban J connectivity index is 1.47. The SMILES string of the molecule is CC(C)c1ccc(OCC(=O)NCCn2nc(-c3cccs3)ccc2=O)cc1. The van der Waals surface area contributed by atoms with Crippen LogP contribution in [0.2, 0.25) is 0 Å². The highest BCUT2D eigenvalue weighted by molar-refractivity contribution is 7.13. The van der Waals surface area contributed by atoms with Crippen LogP contribution >= 0.6 is 11.3 Å². The van der Waals surface area contributed by atoms with E-state index in [1.54, 1.807) is 17.4 Å². The third kappa shape index (κ3) is 5.29. The third-order valence-corrected chi connectivity index (χ3v) is 5.10. The number of rotatable bonds is 8. The van der Waals surface area contributed by atoms with Gasteiger partial charge in [-0.25, -0.2) is 4.68 Å². The maximum atomic E-state index is 12.0. The molecule has 1 aromatic carbocycles. The number of thiophene rings is 1. The van der Waals surface area contributed by atoms with E-state index in [2.05, 4.69) is 24.3 Å². The summed E-state index contributed by atoms with van der Waals surface area (Å²) >= 11 is 1.56. The summed E-state index contributed by atoms with van der Waals surface area (Å²) in [4.78, 5) is 24.9. The van der Waals surface area contributed by atoms with Gasteiger partial charge in [0.1, 0.15) is 11.4 Å². The van der Waals surface area contributed by atoms with E-state index < -0.39 is 0 Å². The van der Waals surface area contributed by atoms with Gasteiger partial charge >= 0.3 is 0 Å². The lowest BCUT2D eigenvalue weighted by Crippen LogP contribution is -2.34. The van der Waals surface area contributed by atoms with E-state index in [0.717, 1.165) is 10.6 Å². The Morgan fingerprint density at radius 3 is 2.64 bits per heavy atom. The van der Waals surface area contributed by atoms with Crippen molar-refractivity contribution in [2.24, 2.45) is 0 Å². The second-order valence-electron chi connectivity index (χ2n) is 6.62. The number of nitrogens with one attached hydrogen (secondary N) is 1. The fraction of sp³-hybridized carbons (Fsp3) is 0.286. The highest BCUT2D eigenvalue weighted by Crippen LogP contribution is 2.21. The molecule has 6 nitrogen and oxygen atoms in total. The van der Waals surface area contributed by atoms with Crippen LogP contribution in [0.15, 0.2) is 58.7 Å². The summed E-state index contributed by atoms with van der Waals surface area (Å²) in [6.45, 7) is 4.78. The topological polar surface area (TPSA) is 73.2 Å². The molecule has 7 heteroatoms. The van der Waals surface area contributed by atoms with Gasteiger partial charge in [-0.2, -0.15) is 5.10 Å². The van der Waals surface area contributed by atoms with Gasteiger partial charge in [0.25, 0.3) is 11.5 Å². The molecule has 1 N–H and O–H groups in total. The molecule has 3 rings (SSSR count). The van der Waals surface area contributed by atoms with Crippen LogP contribution in [-0.4, -0.2) is 28.8 Å². The molecule has 0 spiro atoms. The number of carbonyl (C=O) groups is 1. The largest absolute Gasteiger partial charge is 0.484 e. The van der Waals surface area contributed by atoms with Crippen molar-refractivity contribution in [1.82, 2.24) is 15.1 Å². The van der Waals surface area contributed by atoms with Gasteiger partial charge in [-0.3, -0.25) is 9.59 Å². The molecule has 2 heterocycles. The second kappa shape index (κ2) is 9.32. The van der Waals surface area contributed by atoms with Gasteiger partial charge in [0.05, 0.1) is 11.4 Å². The van der Waals surface area contributed by atoms with Gasteiger partial charge in [0, 0.05) is 12.6 Å². The minimum atomic E-state index is -0.240. The Bertz CT molecular complexity index is 963. The molecular weight excluding hydrogens is 374 g/mol. The molecule has 146 valence electrons. The summed E-state index contributed by atoms with van der Waals surface area (Å²) in [6.07, 6.45) is 0. The van der Waals surface area contributed by atoms with Crippen LogP contribution in [0.5, 0.6) is 5.75 Å². The minimum Gasteiger partial charge on any atom is -0.484 e. The van der Waals surface area contributed by atoms with Crippen LogP contribution in [0.3, 0.4) is 0 Å². The number of amides is 1. The van der Waals surface area contributed by atoms with Crippen molar-refractivity contribution < 1.29 is 9.53 Å². The van der Waals surface area contributed by atoms with E-state index in [1.807, 2.05) is 41.8 Å². The van der Waals surface area contributed by atoms with Gasteiger partial charge < -0.3 is 10.1 Å². The minimum absolute atomic E-state index is 0.0708. The summed E-state index contributed by atoms with van der Waals surface area (Å²) in [5, 5.41) is 9.07. The van der Waals surface area contributed by atoms with Crippen LogP contribution in [-0.2, 0) is 11.3 Å². The highest BCUT2D eigenvalue weighted by Gasteiger charge is 2.06. The van der Waals surface area contributed by atoms with Crippen LogP contribution in [0.1, 0.15) is 25.3 Å². The fourth-order valence-electron chi connectivity index (χ4n) is 2.61. The molecule has 0 saturated heterocycles. The van der Waals surface area contributed by atoms with Crippen molar-refractivity contribution in [2.45, 2.75) is 26.3 Å². The lowest BCUT2D eigenvalue weighted by atomic mass is 10.0. The van der Waals surface area contributed by atoms with E-state index >= 15 is 0 Å². The zero-order valence-electron chi connectivity index (χ0n) is 15.9. The monoisotopic (exact) mass is 397 g/mol. The summed E-state index contributed by atoms with van der Waals surface area (Å²) in [5.41, 5.74) is 1.77. The average molecular weight is 398 g/mol. The van der Waals surface area contributed by atoms with E-state index in [-0.39, 0.29) is 18.1 Å². The molecule has 0 radical (unpaired) electrons. The van der Waals surface area contributed by atoms with E-state index in [9.17, 15) is 9.59 Å².